The predicted octanol–water partition coefficient (Wildman–Crippen LogP) is 1.85. The Balaban J connectivity index is 1.48. The van der Waals surface area contributed by atoms with Gasteiger partial charge in [-0.3, -0.25) is 4.79 Å². The summed E-state index contributed by atoms with van der Waals surface area (Å²) in [4.78, 5) is 18.4. The molecule has 7 heteroatoms. The van der Waals surface area contributed by atoms with Crippen molar-refractivity contribution in [2.24, 2.45) is 11.7 Å². The lowest BCUT2D eigenvalue weighted by atomic mass is 9.91. The number of nitrogens with zero attached hydrogens (tertiary/aromatic N) is 3. The quantitative estimate of drug-likeness (QED) is 0.903. The van der Waals surface area contributed by atoms with Gasteiger partial charge in [0, 0.05) is 32.0 Å². The maximum atomic E-state index is 12.3. The van der Waals surface area contributed by atoms with Crippen LogP contribution in [0, 0.1) is 5.92 Å². The van der Waals surface area contributed by atoms with Crippen LogP contribution in [-0.2, 0) is 11.2 Å². The monoisotopic (exact) mass is 318 g/mol. The SMILES string of the molecule is CC(N)C1CCN(C(=O)CCc2nc(-c3ccco3)no2)CC1. The Morgan fingerprint density at radius 2 is 2.26 bits per heavy atom. The molecule has 0 radical (unpaired) electrons. The predicted molar refractivity (Wildman–Crippen MR) is 83.3 cm³/mol. The van der Waals surface area contributed by atoms with Gasteiger partial charge in [0.1, 0.15) is 0 Å². The Hall–Kier alpha value is -2.15. The van der Waals surface area contributed by atoms with Crippen LogP contribution in [0.15, 0.2) is 27.3 Å². The molecular formula is C16H22N4O3. The van der Waals surface area contributed by atoms with E-state index in [1.165, 1.54) is 0 Å². The number of hydrogen-bond acceptors (Lipinski definition) is 6. The summed E-state index contributed by atoms with van der Waals surface area (Å²) >= 11 is 0. The van der Waals surface area contributed by atoms with E-state index in [9.17, 15) is 4.79 Å². The van der Waals surface area contributed by atoms with Crippen molar-refractivity contribution in [3.63, 3.8) is 0 Å². The molecule has 124 valence electrons. The Morgan fingerprint density at radius 3 is 2.91 bits per heavy atom. The fourth-order valence-corrected chi connectivity index (χ4v) is 2.91. The molecule has 1 saturated heterocycles. The molecule has 1 unspecified atom stereocenters. The van der Waals surface area contributed by atoms with Crippen LogP contribution >= 0.6 is 0 Å². The highest BCUT2D eigenvalue weighted by Crippen LogP contribution is 2.21. The third-order valence-electron chi connectivity index (χ3n) is 4.40. The molecule has 2 aromatic heterocycles. The highest BCUT2D eigenvalue weighted by atomic mass is 16.5. The molecule has 3 rings (SSSR count). The number of carbonyl (C=O) groups excluding carboxylic acids is 1. The van der Waals surface area contributed by atoms with Crippen molar-refractivity contribution in [1.82, 2.24) is 15.0 Å². The summed E-state index contributed by atoms with van der Waals surface area (Å²) in [6, 6.07) is 3.73. The molecule has 0 saturated carbocycles. The second-order valence-electron chi connectivity index (χ2n) is 6.07. The van der Waals surface area contributed by atoms with E-state index in [1.54, 1.807) is 18.4 Å². The average molecular weight is 318 g/mol. The summed E-state index contributed by atoms with van der Waals surface area (Å²) in [5.74, 6) is 2.08. The van der Waals surface area contributed by atoms with Gasteiger partial charge in [-0.2, -0.15) is 4.98 Å². The van der Waals surface area contributed by atoms with Crippen LogP contribution < -0.4 is 5.73 Å². The number of amides is 1. The van der Waals surface area contributed by atoms with E-state index in [0.717, 1.165) is 25.9 Å². The van der Waals surface area contributed by atoms with E-state index in [2.05, 4.69) is 10.1 Å². The molecule has 3 heterocycles. The van der Waals surface area contributed by atoms with Gasteiger partial charge in [-0.1, -0.05) is 5.16 Å². The first kappa shape index (κ1) is 15.7. The van der Waals surface area contributed by atoms with Gasteiger partial charge in [-0.15, -0.1) is 0 Å². The third-order valence-corrected chi connectivity index (χ3v) is 4.40. The lowest BCUT2D eigenvalue weighted by Gasteiger charge is -2.33. The zero-order valence-electron chi connectivity index (χ0n) is 13.3. The smallest absolute Gasteiger partial charge is 0.238 e. The molecule has 23 heavy (non-hydrogen) atoms. The number of aryl methyl sites for hydroxylation is 1. The minimum atomic E-state index is 0.130. The van der Waals surface area contributed by atoms with Crippen molar-refractivity contribution in [2.45, 2.75) is 38.6 Å². The lowest BCUT2D eigenvalue weighted by Crippen LogP contribution is -2.42. The molecule has 0 aromatic carbocycles. The van der Waals surface area contributed by atoms with Crippen molar-refractivity contribution in [1.29, 1.82) is 0 Å². The van der Waals surface area contributed by atoms with Gasteiger partial charge >= 0.3 is 0 Å². The summed E-state index contributed by atoms with van der Waals surface area (Å²) in [6.45, 7) is 3.60. The fraction of sp³-hybridized carbons (Fsp3) is 0.562. The van der Waals surface area contributed by atoms with E-state index >= 15 is 0 Å². The first-order chi connectivity index (χ1) is 11.1. The van der Waals surface area contributed by atoms with E-state index in [0.29, 0.717) is 36.2 Å². The highest BCUT2D eigenvalue weighted by molar-refractivity contribution is 5.76. The number of aromatic nitrogens is 2. The van der Waals surface area contributed by atoms with Crippen molar-refractivity contribution in [3.05, 3.63) is 24.3 Å². The summed E-state index contributed by atoms with van der Waals surface area (Å²) < 4.78 is 10.4. The molecule has 1 amide bonds. The molecule has 1 aliphatic heterocycles. The second-order valence-corrected chi connectivity index (χ2v) is 6.07. The van der Waals surface area contributed by atoms with Crippen molar-refractivity contribution in [2.75, 3.05) is 13.1 Å². The first-order valence-electron chi connectivity index (χ1n) is 8.03. The van der Waals surface area contributed by atoms with Gasteiger partial charge < -0.3 is 19.6 Å². The Bertz CT molecular complexity index is 628. The van der Waals surface area contributed by atoms with Crippen molar-refractivity contribution in [3.8, 4) is 11.6 Å². The van der Waals surface area contributed by atoms with Gasteiger partial charge in [0.15, 0.2) is 5.76 Å². The Kier molecular flexibility index (Phi) is 4.76. The number of nitrogens with two attached hydrogens (primary N) is 1. The van der Waals surface area contributed by atoms with Gasteiger partial charge in [0.25, 0.3) is 0 Å². The summed E-state index contributed by atoms with van der Waals surface area (Å²) in [5, 5.41) is 3.86. The molecule has 1 atom stereocenters. The normalized spacial score (nSPS) is 17.4. The highest BCUT2D eigenvalue weighted by Gasteiger charge is 2.25. The molecule has 1 fully saturated rings. The second kappa shape index (κ2) is 6.95. The number of piperidine rings is 1. The maximum absolute atomic E-state index is 12.3. The first-order valence-corrected chi connectivity index (χ1v) is 8.03. The van der Waals surface area contributed by atoms with Crippen LogP contribution in [0.2, 0.25) is 0 Å². The van der Waals surface area contributed by atoms with Gasteiger partial charge in [0.05, 0.1) is 6.26 Å². The van der Waals surface area contributed by atoms with E-state index < -0.39 is 0 Å². The number of rotatable bonds is 5. The van der Waals surface area contributed by atoms with Gasteiger partial charge in [-0.25, -0.2) is 0 Å². The molecular weight excluding hydrogens is 296 g/mol. The third kappa shape index (κ3) is 3.79. The van der Waals surface area contributed by atoms with Crippen molar-refractivity contribution >= 4 is 5.91 Å². The lowest BCUT2D eigenvalue weighted by molar-refractivity contribution is -0.132. The zero-order valence-corrected chi connectivity index (χ0v) is 13.3. The molecule has 0 spiro atoms. The van der Waals surface area contributed by atoms with Crippen LogP contribution in [0.25, 0.3) is 11.6 Å². The van der Waals surface area contributed by atoms with Crippen LogP contribution in [0.3, 0.4) is 0 Å². The molecule has 0 bridgehead atoms. The summed E-state index contributed by atoms with van der Waals surface area (Å²) in [6.07, 6.45) is 4.34. The average Bonchev–Trinajstić information content (AvgIpc) is 3.23. The maximum Gasteiger partial charge on any atom is 0.238 e. The van der Waals surface area contributed by atoms with Crippen molar-refractivity contribution < 1.29 is 13.7 Å². The van der Waals surface area contributed by atoms with Crippen LogP contribution in [-0.4, -0.2) is 40.1 Å². The standard InChI is InChI=1S/C16H22N4O3/c1-11(17)12-6-8-20(9-7-12)15(21)5-4-14-18-16(19-23-14)13-3-2-10-22-13/h2-3,10-12H,4-9,17H2,1H3. The number of likely N-dealkylation sites (tertiary alicyclic amines) is 1. The van der Waals surface area contributed by atoms with E-state index in [4.69, 9.17) is 14.7 Å². The van der Waals surface area contributed by atoms with Crippen LogP contribution in [0.4, 0.5) is 0 Å². The van der Waals surface area contributed by atoms with Gasteiger partial charge in [-0.05, 0) is 37.8 Å². The number of furan rings is 1. The minimum absolute atomic E-state index is 0.130. The number of hydrogen-bond donors (Lipinski definition) is 1. The topological polar surface area (TPSA) is 98.4 Å². The molecule has 2 aromatic rings. The number of carbonyl (C=O) groups is 1. The van der Waals surface area contributed by atoms with E-state index in [-0.39, 0.29) is 11.9 Å². The molecule has 7 nitrogen and oxygen atoms in total. The summed E-state index contributed by atoms with van der Waals surface area (Å²) in [5.41, 5.74) is 5.93. The minimum Gasteiger partial charge on any atom is -0.461 e. The fourth-order valence-electron chi connectivity index (χ4n) is 2.91. The van der Waals surface area contributed by atoms with E-state index in [1.807, 2.05) is 11.8 Å². The Labute approximate surface area is 134 Å². The summed E-state index contributed by atoms with van der Waals surface area (Å²) in [7, 11) is 0. The van der Waals surface area contributed by atoms with Crippen LogP contribution in [0.1, 0.15) is 32.1 Å². The zero-order chi connectivity index (χ0) is 16.2. The molecule has 2 N–H and O–H groups in total. The van der Waals surface area contributed by atoms with Crippen LogP contribution in [0.5, 0.6) is 0 Å². The molecule has 0 aliphatic carbocycles. The Morgan fingerprint density at radius 1 is 1.48 bits per heavy atom. The largest absolute Gasteiger partial charge is 0.461 e. The van der Waals surface area contributed by atoms with Gasteiger partial charge in [0.2, 0.25) is 17.6 Å². The molecule has 1 aliphatic rings.